The minimum atomic E-state index is -0.000502. The Hall–Kier alpha value is -1.77. The van der Waals surface area contributed by atoms with Crippen LogP contribution in [0.1, 0.15) is 19.3 Å². The monoisotopic (exact) mass is 485 g/mol. The van der Waals surface area contributed by atoms with E-state index in [1.807, 2.05) is 6.07 Å². The topological polar surface area (TPSA) is 60.0 Å². The molecule has 0 unspecified atom stereocenters. The second-order valence-electron chi connectivity index (χ2n) is 6.77. The summed E-state index contributed by atoms with van der Waals surface area (Å²) in [7, 11) is 5.60. The Kier molecular flexibility index (Phi) is 10.8. The molecular weight excluding hydrogens is 453 g/mol. The van der Waals surface area contributed by atoms with Gasteiger partial charge in [-0.05, 0) is 31.4 Å². The van der Waals surface area contributed by atoms with Gasteiger partial charge in [-0.1, -0.05) is 30.4 Å². The Balaban J connectivity index is 0.00000364. The lowest BCUT2D eigenvalue weighted by atomic mass is 10.2. The number of para-hydroxylation sites is 1. The van der Waals surface area contributed by atoms with E-state index in [-0.39, 0.29) is 36.4 Å². The minimum absolute atomic E-state index is 0. The van der Waals surface area contributed by atoms with Crippen molar-refractivity contribution in [2.75, 3.05) is 45.7 Å². The molecule has 1 aromatic rings. The quantitative estimate of drug-likeness (QED) is 0.195. The van der Waals surface area contributed by atoms with Crippen molar-refractivity contribution in [3.05, 3.63) is 42.5 Å². The van der Waals surface area contributed by atoms with Crippen LogP contribution in [-0.2, 0) is 4.79 Å². The highest BCUT2D eigenvalue weighted by atomic mass is 127. The van der Waals surface area contributed by atoms with E-state index in [4.69, 9.17) is 0 Å². The van der Waals surface area contributed by atoms with E-state index in [1.54, 1.807) is 19.0 Å². The lowest BCUT2D eigenvalue weighted by molar-refractivity contribution is -0.127. The lowest BCUT2D eigenvalue weighted by Gasteiger charge is -2.21. The number of halogens is 1. The van der Waals surface area contributed by atoms with Crippen molar-refractivity contribution in [2.24, 2.45) is 4.99 Å². The van der Waals surface area contributed by atoms with Gasteiger partial charge in [-0.3, -0.25) is 4.79 Å². The maximum atomic E-state index is 11.8. The molecule has 0 aromatic heterocycles. The van der Waals surface area contributed by atoms with Gasteiger partial charge in [0.1, 0.15) is 6.54 Å². The summed E-state index contributed by atoms with van der Waals surface area (Å²) in [5.41, 5.74) is 1.22. The number of carbonyl (C=O) groups is 1. The fourth-order valence-electron chi connectivity index (χ4n) is 2.70. The molecule has 0 saturated carbocycles. The van der Waals surface area contributed by atoms with Gasteiger partial charge in [0, 0.05) is 46.0 Å². The molecule has 1 aliphatic carbocycles. The number of aliphatic imine (C=N–C) groups is 1. The predicted molar refractivity (Wildman–Crippen MR) is 124 cm³/mol. The lowest BCUT2D eigenvalue weighted by Crippen LogP contribution is -2.44. The number of likely N-dealkylation sites (N-methyl/N-ethyl adjacent to an activating group) is 1. The molecule has 1 amide bonds. The van der Waals surface area contributed by atoms with Crippen molar-refractivity contribution in [2.45, 2.75) is 25.3 Å². The predicted octanol–water partition coefficient (Wildman–Crippen LogP) is 2.47. The highest BCUT2D eigenvalue weighted by Crippen LogP contribution is 2.11. The molecule has 6 nitrogen and oxygen atoms in total. The van der Waals surface area contributed by atoms with Crippen molar-refractivity contribution < 1.29 is 4.79 Å². The molecule has 1 aliphatic rings. The zero-order valence-corrected chi connectivity index (χ0v) is 18.8. The van der Waals surface area contributed by atoms with Crippen LogP contribution in [0.3, 0.4) is 0 Å². The van der Waals surface area contributed by atoms with E-state index in [0.29, 0.717) is 6.04 Å². The van der Waals surface area contributed by atoms with Crippen LogP contribution < -0.4 is 15.5 Å². The van der Waals surface area contributed by atoms with Crippen LogP contribution in [-0.4, -0.2) is 63.6 Å². The average molecular weight is 485 g/mol. The zero-order chi connectivity index (χ0) is 18.8. The van der Waals surface area contributed by atoms with E-state index >= 15 is 0 Å². The number of rotatable bonds is 8. The molecule has 27 heavy (non-hydrogen) atoms. The summed E-state index contributed by atoms with van der Waals surface area (Å²) in [6.07, 6.45) is 7.33. The Labute approximate surface area is 180 Å². The van der Waals surface area contributed by atoms with Crippen molar-refractivity contribution in [1.29, 1.82) is 0 Å². The number of hydrogen-bond donors (Lipinski definition) is 2. The first-order valence-corrected chi connectivity index (χ1v) is 9.22. The highest BCUT2D eigenvalue weighted by molar-refractivity contribution is 14.0. The van der Waals surface area contributed by atoms with Gasteiger partial charge in [0.25, 0.3) is 0 Å². The fourth-order valence-corrected chi connectivity index (χ4v) is 2.70. The molecule has 150 valence electrons. The molecule has 0 aliphatic heterocycles. The third-order valence-corrected chi connectivity index (χ3v) is 4.38. The number of nitrogens with one attached hydrogen (secondary N) is 2. The third kappa shape index (κ3) is 8.64. The summed E-state index contributed by atoms with van der Waals surface area (Å²) in [6, 6.07) is 10.7. The largest absolute Gasteiger partial charge is 0.375 e. The van der Waals surface area contributed by atoms with Crippen LogP contribution >= 0.6 is 24.0 Å². The molecule has 0 bridgehead atoms. The third-order valence-electron chi connectivity index (χ3n) is 4.38. The maximum absolute atomic E-state index is 11.8. The average Bonchev–Trinajstić information content (AvgIpc) is 3.16. The molecule has 0 spiro atoms. The number of nitrogens with zero attached hydrogens (tertiary/aromatic N) is 3. The number of benzene rings is 1. The Morgan fingerprint density at radius 1 is 1.15 bits per heavy atom. The second-order valence-corrected chi connectivity index (χ2v) is 6.77. The van der Waals surface area contributed by atoms with Gasteiger partial charge in [-0.2, -0.15) is 0 Å². The number of carbonyl (C=O) groups excluding carboxylic acids is 1. The summed E-state index contributed by atoms with van der Waals surface area (Å²) < 4.78 is 0. The number of hydrogen-bond acceptors (Lipinski definition) is 3. The van der Waals surface area contributed by atoms with Crippen molar-refractivity contribution in [3.8, 4) is 0 Å². The molecule has 1 aromatic carbocycles. The first-order chi connectivity index (χ1) is 12.6. The molecular formula is C20H32IN5O. The van der Waals surface area contributed by atoms with Gasteiger partial charge in [-0.15, -0.1) is 24.0 Å². The number of anilines is 1. The van der Waals surface area contributed by atoms with Gasteiger partial charge in [-0.25, -0.2) is 4.99 Å². The van der Waals surface area contributed by atoms with Gasteiger partial charge >= 0.3 is 0 Å². The van der Waals surface area contributed by atoms with E-state index < -0.39 is 0 Å². The van der Waals surface area contributed by atoms with Crippen molar-refractivity contribution >= 4 is 41.5 Å². The summed E-state index contributed by atoms with van der Waals surface area (Å²) in [6.45, 7) is 1.91. The molecule has 0 saturated heterocycles. The number of guanidine groups is 1. The molecule has 0 atom stereocenters. The van der Waals surface area contributed by atoms with Gasteiger partial charge in [0.15, 0.2) is 5.96 Å². The standard InChI is InChI=1S/C20H31N5O.HI/c1-24(2)19(26)16-22-20(23-17-10-7-8-11-17)21-14-9-15-25(3)18-12-5-4-6-13-18;/h4-8,12-13,17H,9-11,14-16H2,1-3H3,(H2,21,22,23);1H. The zero-order valence-electron chi connectivity index (χ0n) is 16.5. The van der Waals surface area contributed by atoms with Crippen LogP contribution in [0.4, 0.5) is 5.69 Å². The Morgan fingerprint density at radius 2 is 1.81 bits per heavy atom. The molecule has 2 rings (SSSR count). The van der Waals surface area contributed by atoms with E-state index in [9.17, 15) is 4.79 Å². The number of amides is 1. The maximum Gasteiger partial charge on any atom is 0.243 e. The molecule has 7 heteroatoms. The minimum Gasteiger partial charge on any atom is -0.375 e. The summed E-state index contributed by atoms with van der Waals surface area (Å²) in [5, 5.41) is 6.78. The summed E-state index contributed by atoms with van der Waals surface area (Å²) in [4.78, 5) is 20.1. The van der Waals surface area contributed by atoms with Crippen LogP contribution in [0.15, 0.2) is 47.5 Å². The first-order valence-electron chi connectivity index (χ1n) is 9.22. The van der Waals surface area contributed by atoms with Crippen LogP contribution in [0, 0.1) is 0 Å². The van der Waals surface area contributed by atoms with E-state index in [2.05, 4.69) is 64.0 Å². The first kappa shape index (κ1) is 23.3. The highest BCUT2D eigenvalue weighted by Gasteiger charge is 2.12. The van der Waals surface area contributed by atoms with Crippen LogP contribution in [0.2, 0.25) is 0 Å². The van der Waals surface area contributed by atoms with Crippen molar-refractivity contribution in [3.63, 3.8) is 0 Å². The van der Waals surface area contributed by atoms with Crippen LogP contribution in [0.25, 0.3) is 0 Å². The van der Waals surface area contributed by atoms with E-state index in [1.165, 1.54) is 5.69 Å². The molecule has 0 fully saturated rings. The van der Waals surface area contributed by atoms with Crippen molar-refractivity contribution in [1.82, 2.24) is 15.5 Å². The molecule has 0 radical (unpaired) electrons. The molecule has 2 N–H and O–H groups in total. The van der Waals surface area contributed by atoms with Gasteiger partial charge < -0.3 is 20.4 Å². The van der Waals surface area contributed by atoms with Gasteiger partial charge in [0.05, 0.1) is 0 Å². The Morgan fingerprint density at radius 3 is 2.44 bits per heavy atom. The fraction of sp³-hybridized carbons (Fsp3) is 0.500. The summed E-state index contributed by atoms with van der Waals surface area (Å²) in [5.74, 6) is 0.718. The van der Waals surface area contributed by atoms with Crippen LogP contribution in [0.5, 0.6) is 0 Å². The van der Waals surface area contributed by atoms with Gasteiger partial charge in [0.2, 0.25) is 5.91 Å². The smallest absolute Gasteiger partial charge is 0.243 e. The second kappa shape index (κ2) is 12.6. The Bertz CT molecular complexity index is 610. The molecule has 0 heterocycles. The summed E-state index contributed by atoms with van der Waals surface area (Å²) >= 11 is 0. The van der Waals surface area contributed by atoms with E-state index in [0.717, 1.165) is 38.3 Å². The SMILES string of the molecule is CN(C)C(=O)CN=C(NCCCN(C)c1ccccc1)NC1CC=CC1.I. The normalized spacial score (nSPS) is 13.8.